The summed E-state index contributed by atoms with van der Waals surface area (Å²) in [6, 6.07) is 0.727. The second kappa shape index (κ2) is 5.14. The Balaban J connectivity index is 2.11. The number of hydrogen-bond donors (Lipinski definition) is 2. The Morgan fingerprint density at radius 2 is 2.33 bits per heavy atom. The van der Waals surface area contributed by atoms with Gasteiger partial charge in [0.1, 0.15) is 10.7 Å². The number of amides is 1. The molecule has 3 N–H and O–H groups in total. The van der Waals surface area contributed by atoms with Gasteiger partial charge in [0.2, 0.25) is 0 Å². The zero-order chi connectivity index (χ0) is 13.3. The number of carbonyl (C=O) groups excluding carboxylic acids is 1. The van der Waals surface area contributed by atoms with Crippen molar-refractivity contribution >= 4 is 28.2 Å². The molecular weight excluding hydrogens is 248 g/mol. The van der Waals surface area contributed by atoms with E-state index in [-0.39, 0.29) is 11.9 Å². The second-order valence-corrected chi connectivity index (χ2v) is 5.82. The SMILES string of the molecule is CCC(C)N(C)C(=O)c1sc(NC2CC2)nc1N. The van der Waals surface area contributed by atoms with E-state index < -0.39 is 0 Å². The number of hydrogen-bond acceptors (Lipinski definition) is 5. The van der Waals surface area contributed by atoms with Gasteiger partial charge in [0.05, 0.1) is 0 Å². The fraction of sp³-hybridized carbons (Fsp3) is 0.667. The van der Waals surface area contributed by atoms with E-state index in [2.05, 4.69) is 17.2 Å². The molecule has 1 aromatic heterocycles. The fourth-order valence-corrected chi connectivity index (χ4v) is 2.53. The van der Waals surface area contributed by atoms with Gasteiger partial charge in [0.25, 0.3) is 5.91 Å². The van der Waals surface area contributed by atoms with Crippen molar-refractivity contribution in [2.24, 2.45) is 0 Å². The zero-order valence-corrected chi connectivity index (χ0v) is 11.9. The number of rotatable bonds is 5. The molecule has 1 aromatic rings. The molecule has 1 aliphatic carbocycles. The molecule has 0 radical (unpaired) electrons. The van der Waals surface area contributed by atoms with E-state index in [1.54, 1.807) is 4.90 Å². The largest absolute Gasteiger partial charge is 0.382 e. The number of anilines is 2. The van der Waals surface area contributed by atoms with Crippen LogP contribution < -0.4 is 11.1 Å². The maximum Gasteiger partial charge on any atom is 0.267 e. The number of thiazole rings is 1. The van der Waals surface area contributed by atoms with Crippen molar-refractivity contribution in [1.82, 2.24) is 9.88 Å². The van der Waals surface area contributed by atoms with Gasteiger partial charge in [-0.15, -0.1) is 0 Å². The van der Waals surface area contributed by atoms with Gasteiger partial charge in [-0.3, -0.25) is 4.79 Å². The van der Waals surface area contributed by atoms with Crippen molar-refractivity contribution in [3.05, 3.63) is 4.88 Å². The molecule has 6 heteroatoms. The molecule has 1 amide bonds. The van der Waals surface area contributed by atoms with Gasteiger partial charge in [-0.1, -0.05) is 18.3 Å². The number of nitrogens with two attached hydrogens (primary N) is 1. The van der Waals surface area contributed by atoms with Crippen LogP contribution in [-0.2, 0) is 0 Å². The van der Waals surface area contributed by atoms with Gasteiger partial charge in [-0.25, -0.2) is 4.98 Å². The van der Waals surface area contributed by atoms with Crippen LogP contribution in [0.4, 0.5) is 10.9 Å². The second-order valence-electron chi connectivity index (χ2n) is 4.83. The molecule has 1 unspecified atom stereocenters. The smallest absolute Gasteiger partial charge is 0.267 e. The van der Waals surface area contributed by atoms with Crippen LogP contribution >= 0.6 is 11.3 Å². The van der Waals surface area contributed by atoms with Gasteiger partial charge in [-0.2, -0.15) is 0 Å². The molecule has 100 valence electrons. The standard InChI is InChI=1S/C12H20N4OS/c1-4-7(2)16(3)11(17)9-10(13)15-12(18-9)14-8-5-6-8/h7-8H,4-6,13H2,1-3H3,(H,14,15). The average Bonchev–Trinajstić information content (AvgIpc) is 3.09. The van der Waals surface area contributed by atoms with Crippen LogP contribution in [0.25, 0.3) is 0 Å². The Hall–Kier alpha value is -1.30. The van der Waals surface area contributed by atoms with Crippen molar-refractivity contribution < 1.29 is 4.79 Å². The minimum atomic E-state index is -0.0387. The van der Waals surface area contributed by atoms with Crippen molar-refractivity contribution in [3.8, 4) is 0 Å². The highest BCUT2D eigenvalue weighted by atomic mass is 32.1. The Kier molecular flexibility index (Phi) is 3.75. The third kappa shape index (κ3) is 2.75. The lowest BCUT2D eigenvalue weighted by Crippen LogP contribution is -2.34. The normalized spacial score (nSPS) is 16.4. The van der Waals surface area contributed by atoms with Crippen LogP contribution in [0.5, 0.6) is 0 Å². The summed E-state index contributed by atoms with van der Waals surface area (Å²) in [5, 5.41) is 4.03. The molecule has 0 aromatic carbocycles. The lowest BCUT2D eigenvalue weighted by Gasteiger charge is -2.23. The summed E-state index contributed by atoms with van der Waals surface area (Å²) in [5.74, 6) is 0.298. The highest BCUT2D eigenvalue weighted by Gasteiger charge is 2.26. The highest BCUT2D eigenvalue weighted by Crippen LogP contribution is 2.31. The van der Waals surface area contributed by atoms with Crippen LogP contribution in [0, 0.1) is 0 Å². The Bertz CT molecular complexity index is 441. The fourth-order valence-electron chi connectivity index (χ4n) is 1.58. The molecule has 0 saturated heterocycles. The van der Waals surface area contributed by atoms with Gasteiger partial charge < -0.3 is 16.0 Å². The molecule has 1 saturated carbocycles. The topological polar surface area (TPSA) is 71.2 Å². The third-order valence-corrected chi connectivity index (χ3v) is 4.32. The summed E-state index contributed by atoms with van der Waals surface area (Å²) in [7, 11) is 1.81. The van der Waals surface area contributed by atoms with E-state index in [0.717, 1.165) is 11.6 Å². The molecule has 1 fully saturated rings. The average molecular weight is 268 g/mol. The van der Waals surface area contributed by atoms with Gasteiger partial charge in [0.15, 0.2) is 5.13 Å². The van der Waals surface area contributed by atoms with E-state index in [1.807, 2.05) is 14.0 Å². The predicted octanol–water partition coefficient (Wildman–Crippen LogP) is 2.17. The molecule has 5 nitrogen and oxygen atoms in total. The van der Waals surface area contributed by atoms with Crippen molar-refractivity contribution in [3.63, 3.8) is 0 Å². The minimum Gasteiger partial charge on any atom is -0.382 e. The van der Waals surface area contributed by atoms with Crippen LogP contribution in [-0.4, -0.2) is 34.9 Å². The molecule has 0 spiro atoms. The highest BCUT2D eigenvalue weighted by molar-refractivity contribution is 7.18. The molecule has 1 atom stereocenters. The third-order valence-electron chi connectivity index (χ3n) is 3.32. The van der Waals surface area contributed by atoms with Crippen LogP contribution in [0.1, 0.15) is 42.8 Å². The number of nitrogens with one attached hydrogen (secondary N) is 1. The lowest BCUT2D eigenvalue weighted by molar-refractivity contribution is 0.0746. The molecule has 2 rings (SSSR count). The first-order valence-electron chi connectivity index (χ1n) is 6.33. The summed E-state index contributed by atoms with van der Waals surface area (Å²) in [6.07, 6.45) is 3.28. The summed E-state index contributed by atoms with van der Waals surface area (Å²) in [5.41, 5.74) is 5.83. The monoisotopic (exact) mass is 268 g/mol. The minimum absolute atomic E-state index is 0.0387. The predicted molar refractivity (Wildman–Crippen MR) is 75.0 cm³/mol. The summed E-state index contributed by atoms with van der Waals surface area (Å²) >= 11 is 1.35. The van der Waals surface area contributed by atoms with Crippen molar-refractivity contribution in [2.75, 3.05) is 18.1 Å². The van der Waals surface area contributed by atoms with E-state index in [0.29, 0.717) is 16.7 Å². The first-order chi connectivity index (χ1) is 8.52. The first kappa shape index (κ1) is 13.1. The van der Waals surface area contributed by atoms with E-state index in [1.165, 1.54) is 24.2 Å². The Labute approximate surface area is 111 Å². The van der Waals surface area contributed by atoms with E-state index in [4.69, 9.17) is 5.73 Å². The molecule has 0 aliphatic heterocycles. The summed E-state index contributed by atoms with van der Waals surface area (Å²) < 4.78 is 0. The molecule has 1 heterocycles. The number of aromatic nitrogens is 1. The molecule has 0 bridgehead atoms. The zero-order valence-electron chi connectivity index (χ0n) is 11.1. The maximum atomic E-state index is 12.3. The van der Waals surface area contributed by atoms with Gasteiger partial charge in [0, 0.05) is 19.1 Å². The van der Waals surface area contributed by atoms with Crippen LogP contribution in [0.2, 0.25) is 0 Å². The number of nitrogens with zero attached hydrogens (tertiary/aromatic N) is 2. The van der Waals surface area contributed by atoms with Crippen molar-refractivity contribution in [2.45, 2.75) is 45.2 Å². The molecular formula is C12H20N4OS. The number of nitrogen functional groups attached to an aromatic ring is 1. The van der Waals surface area contributed by atoms with Gasteiger partial charge >= 0.3 is 0 Å². The molecule has 1 aliphatic rings. The van der Waals surface area contributed by atoms with E-state index >= 15 is 0 Å². The lowest BCUT2D eigenvalue weighted by atomic mass is 10.2. The summed E-state index contributed by atoms with van der Waals surface area (Å²) in [6.45, 7) is 4.09. The summed E-state index contributed by atoms with van der Waals surface area (Å²) in [4.78, 5) is 18.8. The van der Waals surface area contributed by atoms with Crippen molar-refractivity contribution in [1.29, 1.82) is 0 Å². The van der Waals surface area contributed by atoms with Gasteiger partial charge in [-0.05, 0) is 26.2 Å². The van der Waals surface area contributed by atoms with Crippen LogP contribution in [0.3, 0.4) is 0 Å². The first-order valence-corrected chi connectivity index (χ1v) is 7.14. The molecule has 18 heavy (non-hydrogen) atoms. The quantitative estimate of drug-likeness (QED) is 0.858. The number of carbonyl (C=O) groups is 1. The Morgan fingerprint density at radius 1 is 1.67 bits per heavy atom. The van der Waals surface area contributed by atoms with E-state index in [9.17, 15) is 4.79 Å². The maximum absolute atomic E-state index is 12.3. The van der Waals surface area contributed by atoms with Crippen LogP contribution in [0.15, 0.2) is 0 Å². The Morgan fingerprint density at radius 3 is 2.89 bits per heavy atom.